The molecule has 124 valence electrons. The van der Waals surface area contributed by atoms with Gasteiger partial charge in [0.2, 0.25) is 0 Å². The Hall–Kier alpha value is -1.92. The normalized spacial score (nSPS) is 16.2. The fourth-order valence-electron chi connectivity index (χ4n) is 2.88. The van der Waals surface area contributed by atoms with Gasteiger partial charge in [-0.3, -0.25) is 9.58 Å². The summed E-state index contributed by atoms with van der Waals surface area (Å²) in [6, 6.07) is 6.23. The molecule has 3 heterocycles. The molecular formula is C17H25N5O. The lowest BCUT2D eigenvalue weighted by Crippen LogP contribution is -2.33. The molecule has 0 aromatic carbocycles. The smallest absolute Gasteiger partial charge is 0.127 e. The van der Waals surface area contributed by atoms with Gasteiger partial charge in [0.25, 0.3) is 0 Å². The Labute approximate surface area is 137 Å². The summed E-state index contributed by atoms with van der Waals surface area (Å²) in [6.45, 7) is 5.55. The summed E-state index contributed by atoms with van der Waals surface area (Å²) in [4.78, 5) is 8.87. The van der Waals surface area contributed by atoms with Gasteiger partial charge in [0, 0.05) is 39.9 Å². The number of rotatable bonds is 5. The maximum Gasteiger partial charge on any atom is 0.127 e. The Morgan fingerprint density at radius 3 is 2.78 bits per heavy atom. The highest BCUT2D eigenvalue weighted by atomic mass is 16.3. The van der Waals surface area contributed by atoms with Gasteiger partial charge >= 0.3 is 0 Å². The lowest BCUT2D eigenvalue weighted by molar-refractivity contribution is 0.166. The molecule has 0 bridgehead atoms. The fourth-order valence-corrected chi connectivity index (χ4v) is 2.88. The van der Waals surface area contributed by atoms with Crippen LogP contribution in [0.5, 0.6) is 0 Å². The molecular weight excluding hydrogens is 290 g/mol. The summed E-state index contributed by atoms with van der Waals surface area (Å²) >= 11 is 0. The predicted molar refractivity (Wildman–Crippen MR) is 90.2 cm³/mol. The van der Waals surface area contributed by atoms with Crippen LogP contribution in [0.25, 0.3) is 0 Å². The summed E-state index contributed by atoms with van der Waals surface area (Å²) in [5, 5.41) is 14.5. The largest absolute Gasteiger partial charge is 0.387 e. The molecule has 0 radical (unpaired) electrons. The molecule has 0 aliphatic carbocycles. The summed E-state index contributed by atoms with van der Waals surface area (Å²) < 4.78 is 2.03. The zero-order chi connectivity index (χ0) is 16.4. The van der Waals surface area contributed by atoms with E-state index in [1.807, 2.05) is 42.9 Å². The standard InChI is InChI=1S/C17H25N5O/c1-4-16(23)15-9-14-12-21(7-8-22(14)19-15)11-13-5-6-17(18-10-13)20(2)3/h5-6,9-10,16,23H,4,7-8,11-12H2,1-3H3/t16-/m0/s1. The number of aliphatic hydroxyl groups excluding tert-OH is 1. The van der Waals surface area contributed by atoms with Crippen LogP contribution < -0.4 is 4.90 Å². The molecule has 1 N–H and O–H groups in total. The van der Waals surface area contributed by atoms with Crippen LogP contribution in [0.2, 0.25) is 0 Å². The number of pyridine rings is 1. The molecule has 0 spiro atoms. The lowest BCUT2D eigenvalue weighted by atomic mass is 10.2. The average Bonchev–Trinajstić information content (AvgIpc) is 2.98. The van der Waals surface area contributed by atoms with Gasteiger partial charge in [-0.1, -0.05) is 13.0 Å². The maximum atomic E-state index is 9.95. The van der Waals surface area contributed by atoms with E-state index in [9.17, 15) is 5.11 Å². The molecule has 0 saturated carbocycles. The first kappa shape index (κ1) is 16.0. The van der Waals surface area contributed by atoms with E-state index in [-0.39, 0.29) is 0 Å². The first-order chi connectivity index (χ1) is 11.1. The van der Waals surface area contributed by atoms with Gasteiger partial charge in [-0.15, -0.1) is 0 Å². The van der Waals surface area contributed by atoms with Crippen LogP contribution in [-0.2, 0) is 19.6 Å². The monoisotopic (exact) mass is 315 g/mol. The van der Waals surface area contributed by atoms with Gasteiger partial charge < -0.3 is 10.0 Å². The van der Waals surface area contributed by atoms with Crippen molar-refractivity contribution < 1.29 is 5.11 Å². The number of hydrogen-bond donors (Lipinski definition) is 1. The van der Waals surface area contributed by atoms with Crippen LogP contribution in [0.1, 0.15) is 36.4 Å². The van der Waals surface area contributed by atoms with Crippen LogP contribution >= 0.6 is 0 Å². The van der Waals surface area contributed by atoms with Gasteiger partial charge in [-0.2, -0.15) is 5.10 Å². The van der Waals surface area contributed by atoms with Crippen molar-refractivity contribution in [2.45, 2.75) is 39.1 Å². The van der Waals surface area contributed by atoms with Gasteiger partial charge in [0.05, 0.1) is 24.0 Å². The molecule has 0 fully saturated rings. The van der Waals surface area contributed by atoms with Crippen molar-refractivity contribution in [1.82, 2.24) is 19.7 Å². The quantitative estimate of drug-likeness (QED) is 0.912. The zero-order valence-electron chi connectivity index (χ0n) is 14.1. The number of hydrogen-bond acceptors (Lipinski definition) is 5. The predicted octanol–water partition coefficient (Wildman–Crippen LogP) is 1.80. The topological polar surface area (TPSA) is 57.4 Å². The van der Waals surface area contributed by atoms with E-state index < -0.39 is 6.10 Å². The third kappa shape index (κ3) is 3.54. The highest BCUT2D eigenvalue weighted by Gasteiger charge is 2.20. The summed E-state index contributed by atoms with van der Waals surface area (Å²) in [5.41, 5.74) is 3.19. The molecule has 1 aliphatic heterocycles. The number of anilines is 1. The van der Waals surface area contributed by atoms with Crippen LogP contribution in [-0.4, -0.2) is 45.4 Å². The Bertz CT molecular complexity index is 650. The molecule has 1 aliphatic rings. The molecule has 2 aromatic heterocycles. The van der Waals surface area contributed by atoms with Crippen molar-refractivity contribution in [1.29, 1.82) is 0 Å². The van der Waals surface area contributed by atoms with Gasteiger partial charge in [0.1, 0.15) is 5.82 Å². The Balaban J connectivity index is 1.66. The minimum absolute atomic E-state index is 0.454. The molecule has 2 aromatic rings. The van der Waals surface area contributed by atoms with E-state index >= 15 is 0 Å². The third-order valence-electron chi connectivity index (χ3n) is 4.30. The zero-order valence-corrected chi connectivity index (χ0v) is 14.1. The molecule has 3 rings (SSSR count). The Kier molecular flexibility index (Phi) is 4.63. The number of aliphatic hydroxyl groups is 1. The van der Waals surface area contributed by atoms with Gasteiger partial charge in [0.15, 0.2) is 0 Å². The first-order valence-corrected chi connectivity index (χ1v) is 8.16. The average molecular weight is 315 g/mol. The number of nitrogens with zero attached hydrogens (tertiary/aromatic N) is 5. The molecule has 6 heteroatoms. The van der Waals surface area contributed by atoms with Crippen LogP contribution in [0, 0.1) is 0 Å². The highest BCUT2D eigenvalue weighted by molar-refractivity contribution is 5.37. The van der Waals surface area contributed by atoms with Gasteiger partial charge in [-0.05, 0) is 24.1 Å². The SMILES string of the molecule is CC[C@H](O)c1cc2n(n1)CCN(Cc1ccc(N(C)C)nc1)C2. The fraction of sp³-hybridized carbons (Fsp3) is 0.529. The second-order valence-electron chi connectivity index (χ2n) is 6.34. The molecule has 0 unspecified atom stereocenters. The molecule has 0 saturated heterocycles. The van der Waals surface area contributed by atoms with Crippen molar-refractivity contribution in [3.05, 3.63) is 41.3 Å². The first-order valence-electron chi connectivity index (χ1n) is 8.16. The second-order valence-corrected chi connectivity index (χ2v) is 6.34. The van der Waals surface area contributed by atoms with Crippen LogP contribution in [0.4, 0.5) is 5.82 Å². The Morgan fingerprint density at radius 1 is 1.30 bits per heavy atom. The van der Waals surface area contributed by atoms with E-state index in [1.165, 1.54) is 11.3 Å². The molecule has 0 amide bonds. The van der Waals surface area contributed by atoms with Crippen molar-refractivity contribution >= 4 is 5.82 Å². The van der Waals surface area contributed by atoms with Crippen LogP contribution in [0.15, 0.2) is 24.4 Å². The summed E-state index contributed by atoms with van der Waals surface area (Å²) in [5.74, 6) is 0.976. The molecule has 6 nitrogen and oxygen atoms in total. The number of aromatic nitrogens is 3. The Morgan fingerprint density at radius 2 is 2.13 bits per heavy atom. The van der Waals surface area contributed by atoms with E-state index in [4.69, 9.17) is 0 Å². The van der Waals surface area contributed by atoms with Crippen molar-refractivity contribution in [3.8, 4) is 0 Å². The van der Waals surface area contributed by atoms with E-state index in [0.717, 1.165) is 37.7 Å². The number of fused-ring (bicyclic) bond motifs is 1. The second kappa shape index (κ2) is 6.68. The van der Waals surface area contributed by atoms with E-state index in [0.29, 0.717) is 6.42 Å². The van der Waals surface area contributed by atoms with Crippen LogP contribution in [0.3, 0.4) is 0 Å². The third-order valence-corrected chi connectivity index (χ3v) is 4.30. The summed E-state index contributed by atoms with van der Waals surface area (Å²) in [7, 11) is 3.99. The molecule has 1 atom stereocenters. The minimum Gasteiger partial charge on any atom is -0.387 e. The van der Waals surface area contributed by atoms with Gasteiger partial charge in [-0.25, -0.2) is 4.98 Å². The summed E-state index contributed by atoms with van der Waals surface area (Å²) in [6.07, 6.45) is 2.20. The van der Waals surface area contributed by atoms with E-state index in [2.05, 4.69) is 27.1 Å². The minimum atomic E-state index is -0.454. The van der Waals surface area contributed by atoms with Crippen molar-refractivity contribution in [2.75, 3.05) is 25.5 Å². The maximum absolute atomic E-state index is 9.95. The lowest BCUT2D eigenvalue weighted by Gasteiger charge is -2.27. The molecule has 23 heavy (non-hydrogen) atoms. The highest BCUT2D eigenvalue weighted by Crippen LogP contribution is 2.21. The van der Waals surface area contributed by atoms with Crippen molar-refractivity contribution in [2.24, 2.45) is 0 Å². The van der Waals surface area contributed by atoms with E-state index in [1.54, 1.807) is 0 Å². The van der Waals surface area contributed by atoms with Crippen molar-refractivity contribution in [3.63, 3.8) is 0 Å².